The molecule has 0 amide bonds. The van der Waals surface area contributed by atoms with E-state index in [0.29, 0.717) is 17.4 Å². The molecule has 2 aromatic heterocycles. The first-order chi connectivity index (χ1) is 6.75. The van der Waals surface area contributed by atoms with Crippen LogP contribution < -0.4 is 5.73 Å². The Morgan fingerprint density at radius 1 is 1.43 bits per heavy atom. The molecule has 0 aliphatic rings. The van der Waals surface area contributed by atoms with Gasteiger partial charge in [0.05, 0.1) is 11.6 Å². The molecule has 0 aliphatic heterocycles. The normalized spacial score (nSPS) is 10.4. The smallest absolute Gasteiger partial charge is 0.145 e. The largest absolute Gasteiger partial charge is 0.382 e. The molecule has 0 spiro atoms. The van der Waals surface area contributed by atoms with Crippen molar-refractivity contribution in [2.75, 3.05) is 5.73 Å². The van der Waals surface area contributed by atoms with E-state index in [4.69, 9.17) is 17.3 Å². The van der Waals surface area contributed by atoms with Crippen molar-refractivity contribution < 1.29 is 0 Å². The monoisotopic (exact) mass is 208 g/mol. The van der Waals surface area contributed by atoms with E-state index in [1.54, 1.807) is 23.1 Å². The van der Waals surface area contributed by atoms with Gasteiger partial charge in [0, 0.05) is 18.6 Å². The average Bonchev–Trinajstić information content (AvgIpc) is 2.56. The lowest BCUT2D eigenvalue weighted by molar-refractivity contribution is 0.689. The molecule has 2 aromatic rings. The summed E-state index contributed by atoms with van der Waals surface area (Å²) in [6.45, 7) is 0.610. The number of anilines is 1. The summed E-state index contributed by atoms with van der Waals surface area (Å²) in [6, 6.07) is 3.61. The molecular weight excluding hydrogens is 200 g/mol. The molecule has 0 atom stereocenters. The zero-order valence-electron chi connectivity index (χ0n) is 7.39. The van der Waals surface area contributed by atoms with Crippen LogP contribution in [-0.2, 0) is 6.54 Å². The minimum Gasteiger partial charge on any atom is -0.382 e. The third-order valence-electron chi connectivity index (χ3n) is 1.85. The number of hydrogen-bond acceptors (Lipinski definition) is 3. The summed E-state index contributed by atoms with van der Waals surface area (Å²) in [5.74, 6) is 0.509. The van der Waals surface area contributed by atoms with Crippen molar-refractivity contribution in [3.8, 4) is 0 Å². The van der Waals surface area contributed by atoms with E-state index in [1.807, 2.05) is 12.3 Å². The molecular formula is C9H9ClN4. The molecule has 0 aromatic carbocycles. The zero-order valence-corrected chi connectivity index (χ0v) is 8.15. The van der Waals surface area contributed by atoms with Crippen LogP contribution in [0.25, 0.3) is 0 Å². The highest BCUT2D eigenvalue weighted by Gasteiger charge is 2.01. The Morgan fingerprint density at radius 3 is 2.93 bits per heavy atom. The second-order valence-corrected chi connectivity index (χ2v) is 3.31. The van der Waals surface area contributed by atoms with Crippen LogP contribution in [0.3, 0.4) is 0 Å². The first-order valence-electron chi connectivity index (χ1n) is 4.13. The summed E-state index contributed by atoms with van der Waals surface area (Å²) >= 11 is 5.95. The van der Waals surface area contributed by atoms with Crippen molar-refractivity contribution in [3.63, 3.8) is 0 Å². The summed E-state index contributed by atoms with van der Waals surface area (Å²) in [7, 11) is 0. The summed E-state index contributed by atoms with van der Waals surface area (Å²) in [6.07, 6.45) is 5.13. The molecule has 2 heterocycles. The maximum Gasteiger partial charge on any atom is 0.145 e. The molecule has 2 rings (SSSR count). The quantitative estimate of drug-likeness (QED) is 0.815. The fourth-order valence-electron chi connectivity index (χ4n) is 1.17. The molecule has 0 fully saturated rings. The average molecular weight is 209 g/mol. The molecule has 0 aliphatic carbocycles. The van der Waals surface area contributed by atoms with E-state index in [2.05, 4.69) is 10.1 Å². The highest BCUT2D eigenvalue weighted by Crippen LogP contribution is 2.14. The van der Waals surface area contributed by atoms with Crippen LogP contribution in [0.5, 0.6) is 0 Å². The van der Waals surface area contributed by atoms with Crippen molar-refractivity contribution >= 4 is 17.4 Å². The van der Waals surface area contributed by atoms with Crippen LogP contribution in [0, 0.1) is 0 Å². The van der Waals surface area contributed by atoms with E-state index < -0.39 is 0 Å². The van der Waals surface area contributed by atoms with Gasteiger partial charge in [0.25, 0.3) is 0 Å². The van der Waals surface area contributed by atoms with E-state index in [9.17, 15) is 0 Å². The minimum absolute atomic E-state index is 0.509. The topological polar surface area (TPSA) is 56.7 Å². The standard InChI is InChI=1S/C9H9ClN4/c10-8-5-12-3-1-7(8)6-14-4-2-9(11)13-14/h1-5H,6H2,(H2,11,13). The molecule has 2 N–H and O–H groups in total. The zero-order chi connectivity index (χ0) is 9.97. The van der Waals surface area contributed by atoms with E-state index >= 15 is 0 Å². The lowest BCUT2D eigenvalue weighted by Crippen LogP contribution is -2.01. The Hall–Kier alpha value is -1.55. The van der Waals surface area contributed by atoms with Gasteiger partial charge in [0.15, 0.2) is 0 Å². The van der Waals surface area contributed by atoms with Crippen molar-refractivity contribution in [1.29, 1.82) is 0 Å². The molecule has 0 saturated heterocycles. The van der Waals surface area contributed by atoms with Crippen molar-refractivity contribution in [1.82, 2.24) is 14.8 Å². The third kappa shape index (κ3) is 1.85. The highest BCUT2D eigenvalue weighted by molar-refractivity contribution is 6.31. The van der Waals surface area contributed by atoms with Crippen molar-refractivity contribution in [2.24, 2.45) is 0 Å². The molecule has 4 nitrogen and oxygen atoms in total. The van der Waals surface area contributed by atoms with Gasteiger partial charge in [0.1, 0.15) is 5.82 Å². The van der Waals surface area contributed by atoms with Crippen LogP contribution in [0.2, 0.25) is 5.02 Å². The number of nitrogens with two attached hydrogens (primary N) is 1. The number of halogens is 1. The number of pyridine rings is 1. The molecule has 14 heavy (non-hydrogen) atoms. The van der Waals surface area contributed by atoms with Gasteiger partial charge in [-0.3, -0.25) is 9.67 Å². The summed E-state index contributed by atoms with van der Waals surface area (Å²) in [4.78, 5) is 3.91. The van der Waals surface area contributed by atoms with Gasteiger partial charge < -0.3 is 5.73 Å². The fraction of sp³-hybridized carbons (Fsp3) is 0.111. The van der Waals surface area contributed by atoms with Crippen molar-refractivity contribution in [3.05, 3.63) is 41.3 Å². The van der Waals surface area contributed by atoms with E-state index in [0.717, 1.165) is 5.56 Å². The van der Waals surface area contributed by atoms with Crippen LogP contribution >= 0.6 is 11.6 Å². The highest BCUT2D eigenvalue weighted by atomic mass is 35.5. The Balaban J connectivity index is 2.23. The SMILES string of the molecule is Nc1ccn(Cc2ccncc2Cl)n1. The summed E-state index contributed by atoms with van der Waals surface area (Å²) in [5.41, 5.74) is 6.47. The van der Waals surface area contributed by atoms with Gasteiger partial charge in [0.2, 0.25) is 0 Å². The first-order valence-corrected chi connectivity index (χ1v) is 4.51. The minimum atomic E-state index is 0.509. The molecule has 0 unspecified atom stereocenters. The van der Waals surface area contributed by atoms with Crippen LogP contribution in [0.15, 0.2) is 30.7 Å². The molecule has 0 bridgehead atoms. The Kier molecular flexibility index (Phi) is 2.37. The van der Waals surface area contributed by atoms with E-state index in [1.165, 1.54) is 0 Å². The van der Waals surface area contributed by atoms with Crippen LogP contribution in [0.4, 0.5) is 5.82 Å². The Morgan fingerprint density at radius 2 is 2.29 bits per heavy atom. The van der Waals surface area contributed by atoms with Crippen LogP contribution in [0.1, 0.15) is 5.56 Å². The molecule has 5 heteroatoms. The molecule has 0 radical (unpaired) electrons. The number of aromatic nitrogens is 3. The van der Waals surface area contributed by atoms with E-state index in [-0.39, 0.29) is 0 Å². The molecule has 0 saturated carbocycles. The predicted molar refractivity (Wildman–Crippen MR) is 55.0 cm³/mol. The maximum absolute atomic E-state index is 5.95. The lowest BCUT2D eigenvalue weighted by atomic mass is 10.3. The second-order valence-electron chi connectivity index (χ2n) is 2.91. The van der Waals surface area contributed by atoms with Crippen molar-refractivity contribution in [2.45, 2.75) is 6.54 Å². The fourth-order valence-corrected chi connectivity index (χ4v) is 1.35. The summed E-state index contributed by atoms with van der Waals surface area (Å²) in [5, 5.41) is 4.70. The predicted octanol–water partition coefficient (Wildman–Crippen LogP) is 1.56. The number of nitrogen functional groups attached to an aromatic ring is 1. The number of hydrogen-bond donors (Lipinski definition) is 1. The van der Waals surface area contributed by atoms with Gasteiger partial charge >= 0.3 is 0 Å². The van der Waals surface area contributed by atoms with Crippen LogP contribution in [-0.4, -0.2) is 14.8 Å². The number of rotatable bonds is 2. The lowest BCUT2D eigenvalue weighted by Gasteiger charge is -2.02. The first kappa shape index (κ1) is 9.02. The van der Waals surface area contributed by atoms with Gasteiger partial charge in [-0.2, -0.15) is 5.10 Å². The third-order valence-corrected chi connectivity index (χ3v) is 2.19. The van der Waals surface area contributed by atoms with Gasteiger partial charge in [-0.15, -0.1) is 0 Å². The Bertz CT molecular complexity index is 438. The van der Waals surface area contributed by atoms with Gasteiger partial charge in [-0.25, -0.2) is 0 Å². The summed E-state index contributed by atoms with van der Waals surface area (Å²) < 4.78 is 1.73. The van der Waals surface area contributed by atoms with Gasteiger partial charge in [-0.05, 0) is 17.7 Å². The Labute approximate surface area is 86.3 Å². The van der Waals surface area contributed by atoms with Gasteiger partial charge in [-0.1, -0.05) is 11.6 Å². The molecule has 72 valence electrons. The second kappa shape index (κ2) is 3.67. The maximum atomic E-state index is 5.95. The number of nitrogens with zero attached hydrogens (tertiary/aromatic N) is 3.